The van der Waals surface area contributed by atoms with Gasteiger partial charge in [-0.3, -0.25) is 4.79 Å². The number of ether oxygens (including phenoxy) is 1. The van der Waals surface area contributed by atoms with Gasteiger partial charge in [0, 0.05) is 0 Å². The molecule has 0 N–H and O–H groups in total. The Labute approximate surface area is 97.4 Å². The van der Waals surface area contributed by atoms with Crippen LogP contribution in [0.2, 0.25) is 0 Å². The topological polar surface area (TPSA) is 26.3 Å². The minimum Gasteiger partial charge on any atom is -0.456 e. The first kappa shape index (κ1) is 13.5. The lowest BCUT2D eigenvalue weighted by molar-refractivity contribution is -0.186. The Morgan fingerprint density at radius 3 is 2.41 bits per heavy atom. The predicted octanol–water partition coefficient (Wildman–Crippen LogP) is 3.29. The number of benzene rings is 1. The van der Waals surface area contributed by atoms with Crippen molar-refractivity contribution in [3.05, 3.63) is 35.9 Å². The van der Waals surface area contributed by atoms with Gasteiger partial charge in [0.05, 0.1) is 6.42 Å². The first-order chi connectivity index (χ1) is 7.88. The van der Waals surface area contributed by atoms with Crippen molar-refractivity contribution in [3.8, 4) is 0 Å². The van der Waals surface area contributed by atoms with Gasteiger partial charge in [0.25, 0.3) is 0 Å². The fraction of sp³-hybridized carbons (Fsp3) is 0.417. The van der Waals surface area contributed by atoms with E-state index in [1.807, 2.05) is 30.3 Å². The average Bonchev–Trinajstić information content (AvgIpc) is 2.27. The molecule has 0 saturated heterocycles. The molecule has 0 aliphatic carbocycles. The van der Waals surface area contributed by atoms with E-state index in [1.165, 1.54) is 0 Å². The number of esters is 1. The van der Waals surface area contributed by atoms with Crippen LogP contribution in [0.5, 0.6) is 0 Å². The number of rotatable bonds is 4. The van der Waals surface area contributed by atoms with Crippen molar-refractivity contribution in [2.45, 2.75) is 25.4 Å². The standard InChI is InChI=1S/C12H13F3O2/c1-9(10-5-3-2-4-6-10)7-11(16)17-8-12(13,14)15/h2-6,9H,7-8H2,1H3. The van der Waals surface area contributed by atoms with Crippen molar-refractivity contribution in [1.82, 2.24) is 0 Å². The quantitative estimate of drug-likeness (QED) is 0.762. The van der Waals surface area contributed by atoms with Gasteiger partial charge in [0.2, 0.25) is 0 Å². The highest BCUT2D eigenvalue weighted by Gasteiger charge is 2.29. The summed E-state index contributed by atoms with van der Waals surface area (Å²) in [6.45, 7) is 0.248. The third kappa shape index (κ3) is 5.38. The molecule has 5 heteroatoms. The molecule has 0 saturated carbocycles. The minimum absolute atomic E-state index is 0.0555. The van der Waals surface area contributed by atoms with Crippen LogP contribution in [0.3, 0.4) is 0 Å². The second-order valence-electron chi connectivity index (χ2n) is 3.79. The van der Waals surface area contributed by atoms with E-state index in [9.17, 15) is 18.0 Å². The van der Waals surface area contributed by atoms with Crippen molar-refractivity contribution in [1.29, 1.82) is 0 Å². The average molecular weight is 246 g/mol. The molecule has 2 nitrogen and oxygen atoms in total. The molecular weight excluding hydrogens is 233 g/mol. The van der Waals surface area contributed by atoms with Crippen LogP contribution in [0, 0.1) is 0 Å². The molecule has 0 amide bonds. The summed E-state index contributed by atoms with van der Waals surface area (Å²) in [5.74, 6) is -0.990. The summed E-state index contributed by atoms with van der Waals surface area (Å²) in [5.41, 5.74) is 0.899. The first-order valence-corrected chi connectivity index (χ1v) is 5.16. The molecule has 94 valence electrons. The largest absolute Gasteiger partial charge is 0.456 e. The Morgan fingerprint density at radius 2 is 1.88 bits per heavy atom. The minimum atomic E-state index is -4.47. The Kier molecular flexibility index (Phi) is 4.54. The second-order valence-corrected chi connectivity index (χ2v) is 3.79. The maximum atomic E-state index is 11.8. The highest BCUT2D eigenvalue weighted by Crippen LogP contribution is 2.20. The zero-order valence-electron chi connectivity index (χ0n) is 9.33. The van der Waals surface area contributed by atoms with Gasteiger partial charge in [-0.2, -0.15) is 13.2 Å². The van der Waals surface area contributed by atoms with Crippen molar-refractivity contribution >= 4 is 5.97 Å². The van der Waals surface area contributed by atoms with E-state index in [-0.39, 0.29) is 12.3 Å². The van der Waals surface area contributed by atoms with Crippen LogP contribution in [-0.2, 0) is 9.53 Å². The van der Waals surface area contributed by atoms with E-state index < -0.39 is 18.8 Å². The molecule has 1 rings (SSSR count). The number of halogens is 3. The molecular formula is C12H13F3O2. The number of carbonyl (C=O) groups excluding carboxylic acids is 1. The van der Waals surface area contributed by atoms with Crippen LogP contribution in [-0.4, -0.2) is 18.8 Å². The SMILES string of the molecule is CC(CC(=O)OCC(F)(F)F)c1ccccc1. The Bertz CT molecular complexity index is 360. The number of alkyl halides is 3. The van der Waals surface area contributed by atoms with Gasteiger partial charge in [0.1, 0.15) is 0 Å². The maximum absolute atomic E-state index is 11.8. The second kappa shape index (κ2) is 5.70. The molecule has 0 heterocycles. The van der Waals surface area contributed by atoms with E-state index in [0.717, 1.165) is 5.56 Å². The monoisotopic (exact) mass is 246 g/mol. The smallest absolute Gasteiger partial charge is 0.422 e. The van der Waals surface area contributed by atoms with Crippen molar-refractivity contribution in [2.75, 3.05) is 6.61 Å². The molecule has 1 atom stereocenters. The van der Waals surface area contributed by atoms with E-state index in [0.29, 0.717) is 0 Å². The third-order valence-electron chi connectivity index (χ3n) is 2.24. The normalized spacial score (nSPS) is 13.2. The summed E-state index contributed by atoms with van der Waals surface area (Å²) in [5, 5.41) is 0. The highest BCUT2D eigenvalue weighted by atomic mass is 19.4. The number of hydrogen-bond donors (Lipinski definition) is 0. The lowest BCUT2D eigenvalue weighted by atomic mass is 9.98. The molecule has 1 aromatic rings. The van der Waals surface area contributed by atoms with Gasteiger partial charge >= 0.3 is 12.1 Å². The Balaban J connectivity index is 2.42. The Morgan fingerprint density at radius 1 is 1.29 bits per heavy atom. The highest BCUT2D eigenvalue weighted by molar-refractivity contribution is 5.70. The Hall–Kier alpha value is -1.52. The molecule has 0 aromatic heterocycles. The van der Waals surface area contributed by atoms with E-state index in [1.54, 1.807) is 6.92 Å². The molecule has 0 aliphatic rings. The van der Waals surface area contributed by atoms with Gasteiger partial charge in [0.15, 0.2) is 6.61 Å². The molecule has 1 aromatic carbocycles. The zero-order chi connectivity index (χ0) is 12.9. The first-order valence-electron chi connectivity index (χ1n) is 5.16. The van der Waals surface area contributed by atoms with E-state index >= 15 is 0 Å². The van der Waals surface area contributed by atoms with Crippen LogP contribution >= 0.6 is 0 Å². The van der Waals surface area contributed by atoms with Crippen LogP contribution in [0.4, 0.5) is 13.2 Å². The van der Waals surface area contributed by atoms with E-state index in [2.05, 4.69) is 4.74 Å². The molecule has 0 fully saturated rings. The maximum Gasteiger partial charge on any atom is 0.422 e. The lowest BCUT2D eigenvalue weighted by Crippen LogP contribution is -2.21. The molecule has 17 heavy (non-hydrogen) atoms. The molecule has 0 aliphatic heterocycles. The van der Waals surface area contributed by atoms with E-state index in [4.69, 9.17) is 0 Å². The molecule has 0 bridgehead atoms. The number of carbonyl (C=O) groups is 1. The van der Waals surface area contributed by atoms with Gasteiger partial charge in [-0.05, 0) is 11.5 Å². The summed E-state index contributed by atoms with van der Waals surface area (Å²) in [7, 11) is 0. The van der Waals surface area contributed by atoms with Crippen molar-refractivity contribution in [3.63, 3.8) is 0 Å². The summed E-state index contributed by atoms with van der Waals surface area (Å²) >= 11 is 0. The summed E-state index contributed by atoms with van der Waals surface area (Å²) in [6, 6.07) is 9.10. The zero-order valence-corrected chi connectivity index (χ0v) is 9.33. The fourth-order valence-corrected chi connectivity index (χ4v) is 1.37. The lowest BCUT2D eigenvalue weighted by Gasteiger charge is -2.12. The van der Waals surface area contributed by atoms with Crippen molar-refractivity contribution < 1.29 is 22.7 Å². The van der Waals surface area contributed by atoms with Crippen LogP contribution in [0.25, 0.3) is 0 Å². The molecule has 1 unspecified atom stereocenters. The van der Waals surface area contributed by atoms with Crippen molar-refractivity contribution in [2.24, 2.45) is 0 Å². The van der Waals surface area contributed by atoms with Gasteiger partial charge < -0.3 is 4.74 Å². The predicted molar refractivity (Wildman–Crippen MR) is 56.5 cm³/mol. The summed E-state index contributed by atoms with van der Waals surface area (Å²) < 4.78 is 39.5. The van der Waals surface area contributed by atoms with Gasteiger partial charge in [-0.15, -0.1) is 0 Å². The van der Waals surface area contributed by atoms with Gasteiger partial charge in [-0.1, -0.05) is 37.3 Å². The fourth-order valence-electron chi connectivity index (χ4n) is 1.37. The van der Waals surface area contributed by atoms with Crippen LogP contribution < -0.4 is 0 Å². The van der Waals surface area contributed by atoms with Crippen LogP contribution in [0.15, 0.2) is 30.3 Å². The summed E-state index contributed by atoms with van der Waals surface area (Å²) in [4.78, 5) is 11.2. The van der Waals surface area contributed by atoms with Gasteiger partial charge in [-0.25, -0.2) is 0 Å². The molecule has 0 radical (unpaired) electrons. The van der Waals surface area contributed by atoms with Crippen LogP contribution in [0.1, 0.15) is 24.8 Å². The molecule has 0 spiro atoms. The number of hydrogen-bond acceptors (Lipinski definition) is 2. The summed E-state index contributed by atoms with van der Waals surface area (Å²) in [6.07, 6.45) is -4.52. The third-order valence-corrected chi connectivity index (χ3v) is 2.24.